The number of alkyl halides is 2. The normalized spacial score (nSPS) is 13.6. The van der Waals surface area contributed by atoms with E-state index in [1.165, 1.54) is 24.5 Å². The van der Waals surface area contributed by atoms with Crippen LogP contribution in [0.3, 0.4) is 0 Å². The van der Waals surface area contributed by atoms with Gasteiger partial charge in [-0.1, -0.05) is 72.8 Å². The number of benzene rings is 2. The Balaban J connectivity index is 1.60. The maximum Gasteiger partial charge on any atom is 0.323 e. The molecule has 0 unspecified atom stereocenters. The van der Waals surface area contributed by atoms with Gasteiger partial charge < -0.3 is 0 Å². The zero-order valence-electron chi connectivity index (χ0n) is 24.3. The predicted octanol–water partition coefficient (Wildman–Crippen LogP) is 3.53. The molecular weight excluding hydrogens is 623 g/mol. The summed E-state index contributed by atoms with van der Waals surface area (Å²) in [6.07, 6.45) is 2.05. The van der Waals surface area contributed by atoms with E-state index in [0.717, 1.165) is 0 Å². The molecule has 0 radical (unpaired) electrons. The molecule has 13 heteroatoms. The number of ketones is 1. The average molecular weight is 657 g/mol. The zero-order valence-corrected chi connectivity index (χ0v) is 25.9. The highest BCUT2D eigenvalue weighted by Gasteiger charge is 2.51. The van der Waals surface area contributed by atoms with Gasteiger partial charge in [0.2, 0.25) is 25.8 Å². The number of aryl methyl sites for hydroxylation is 2. The lowest BCUT2D eigenvalue weighted by molar-refractivity contribution is -0.148. The molecule has 0 aliphatic carbocycles. The second-order valence-corrected chi connectivity index (χ2v) is 14.2. The van der Waals surface area contributed by atoms with Crippen molar-refractivity contribution in [3.63, 3.8) is 0 Å². The summed E-state index contributed by atoms with van der Waals surface area (Å²) in [5.41, 5.74) is 1.73. The molecule has 2 heterocycles. The molecule has 0 aliphatic heterocycles. The van der Waals surface area contributed by atoms with Gasteiger partial charge in [-0.25, -0.2) is 26.3 Å². The Hall–Kier alpha value is -3.91. The molecule has 4 aromatic rings. The molecule has 2 N–H and O–H groups in total. The molecule has 4 rings (SSSR count). The molecule has 2 aromatic heterocycles. The Bertz CT molecular complexity index is 1730. The second kappa shape index (κ2) is 15.4. The van der Waals surface area contributed by atoms with Gasteiger partial charge in [0.15, 0.2) is 0 Å². The van der Waals surface area contributed by atoms with E-state index >= 15 is 8.78 Å². The highest BCUT2D eigenvalue weighted by atomic mass is 32.2. The van der Waals surface area contributed by atoms with E-state index in [1.807, 2.05) is 4.72 Å². The second-order valence-electron chi connectivity index (χ2n) is 10.5. The largest absolute Gasteiger partial charge is 0.323 e. The SMILES string of the molecule is O=C([C@H](Cc1ccccc1)NS(=O)(=O)CCc1ccccn1)C(F)(F)[C@H](Cc1ccccc1)NS(=O)(=O)CCc1ccccn1. The number of pyridine rings is 2. The van der Waals surface area contributed by atoms with Crippen molar-refractivity contribution in [2.24, 2.45) is 0 Å². The van der Waals surface area contributed by atoms with Gasteiger partial charge in [-0.2, -0.15) is 8.78 Å². The third kappa shape index (κ3) is 10.6. The number of hydrogen-bond donors (Lipinski definition) is 2. The molecule has 0 fully saturated rings. The Morgan fingerprint density at radius 2 is 1.09 bits per heavy atom. The molecule has 2 aromatic carbocycles. The van der Waals surface area contributed by atoms with Crippen molar-refractivity contribution in [2.75, 3.05) is 11.5 Å². The van der Waals surface area contributed by atoms with Gasteiger partial charge in [0.1, 0.15) is 0 Å². The smallest absolute Gasteiger partial charge is 0.291 e. The van der Waals surface area contributed by atoms with Crippen LogP contribution in [0.1, 0.15) is 22.5 Å². The summed E-state index contributed by atoms with van der Waals surface area (Å²) in [6, 6.07) is 22.0. The first-order valence-electron chi connectivity index (χ1n) is 14.2. The highest BCUT2D eigenvalue weighted by Crippen LogP contribution is 2.27. The molecule has 9 nitrogen and oxygen atoms in total. The number of rotatable bonds is 17. The van der Waals surface area contributed by atoms with E-state index < -0.39 is 61.8 Å². The van der Waals surface area contributed by atoms with Crippen molar-refractivity contribution in [3.8, 4) is 0 Å². The van der Waals surface area contributed by atoms with Crippen LogP contribution in [0.5, 0.6) is 0 Å². The minimum Gasteiger partial charge on any atom is -0.291 e. The molecule has 0 saturated heterocycles. The summed E-state index contributed by atoms with van der Waals surface area (Å²) >= 11 is 0. The fourth-order valence-electron chi connectivity index (χ4n) is 4.66. The molecule has 0 saturated carbocycles. The van der Waals surface area contributed by atoms with Crippen LogP contribution in [0.15, 0.2) is 109 Å². The van der Waals surface area contributed by atoms with Gasteiger partial charge >= 0.3 is 5.92 Å². The molecule has 0 aliphatic rings. The minimum atomic E-state index is -4.34. The van der Waals surface area contributed by atoms with Crippen LogP contribution in [-0.2, 0) is 50.5 Å². The third-order valence-corrected chi connectivity index (χ3v) is 9.77. The van der Waals surface area contributed by atoms with E-state index in [0.29, 0.717) is 22.5 Å². The first kappa shape index (κ1) is 34.0. The fraction of sp³-hybridized carbons (Fsp3) is 0.281. The number of nitrogens with one attached hydrogen (secondary N) is 2. The first-order chi connectivity index (χ1) is 21.4. The molecular formula is C32H34F2N4O5S2. The lowest BCUT2D eigenvalue weighted by atomic mass is 9.92. The minimum absolute atomic E-state index is 0.00842. The Morgan fingerprint density at radius 3 is 1.56 bits per heavy atom. The molecule has 2 atom stereocenters. The molecule has 45 heavy (non-hydrogen) atoms. The summed E-state index contributed by atoms with van der Waals surface area (Å²) in [5, 5.41) is 0. The number of aromatic nitrogens is 2. The van der Waals surface area contributed by atoms with Crippen molar-refractivity contribution in [1.82, 2.24) is 19.4 Å². The summed E-state index contributed by atoms with van der Waals surface area (Å²) in [4.78, 5) is 21.8. The van der Waals surface area contributed by atoms with Gasteiger partial charge in [0, 0.05) is 36.6 Å². The number of carbonyl (C=O) groups is 1. The molecule has 0 spiro atoms. The molecule has 238 valence electrons. The van der Waals surface area contributed by atoms with Gasteiger partial charge in [0.25, 0.3) is 0 Å². The van der Waals surface area contributed by atoms with Crippen molar-refractivity contribution >= 4 is 25.8 Å². The zero-order chi connectivity index (χ0) is 32.3. The van der Waals surface area contributed by atoms with Crippen LogP contribution in [0.4, 0.5) is 8.78 Å². The first-order valence-corrected chi connectivity index (χ1v) is 17.5. The van der Waals surface area contributed by atoms with Gasteiger partial charge in [-0.3, -0.25) is 14.8 Å². The topological polar surface area (TPSA) is 135 Å². The summed E-state index contributed by atoms with van der Waals surface area (Å²) in [7, 11) is -8.60. The van der Waals surface area contributed by atoms with E-state index in [1.54, 1.807) is 84.9 Å². The van der Waals surface area contributed by atoms with Crippen molar-refractivity contribution < 1.29 is 30.4 Å². The maximum absolute atomic E-state index is 16.3. The van der Waals surface area contributed by atoms with Crippen LogP contribution in [-0.4, -0.2) is 62.1 Å². The van der Waals surface area contributed by atoms with Gasteiger partial charge in [-0.15, -0.1) is 0 Å². The van der Waals surface area contributed by atoms with Crippen molar-refractivity contribution in [1.29, 1.82) is 0 Å². The molecule has 0 bridgehead atoms. The lowest BCUT2D eigenvalue weighted by Gasteiger charge is -2.30. The van der Waals surface area contributed by atoms with E-state index in [4.69, 9.17) is 0 Å². The van der Waals surface area contributed by atoms with Crippen molar-refractivity contribution in [2.45, 2.75) is 43.7 Å². The van der Waals surface area contributed by atoms with Gasteiger partial charge in [0.05, 0.1) is 23.6 Å². The number of nitrogens with zero attached hydrogens (tertiary/aromatic N) is 2. The quantitative estimate of drug-likeness (QED) is 0.178. The van der Waals surface area contributed by atoms with Crippen LogP contribution < -0.4 is 9.44 Å². The number of Topliss-reactive ketones (excluding diaryl/α,β-unsaturated/α-hetero) is 1. The van der Waals surface area contributed by atoms with Crippen LogP contribution in [0.25, 0.3) is 0 Å². The predicted molar refractivity (Wildman–Crippen MR) is 168 cm³/mol. The molecule has 0 amide bonds. The van der Waals surface area contributed by atoms with E-state index in [9.17, 15) is 21.6 Å². The van der Waals surface area contributed by atoms with Crippen LogP contribution >= 0.6 is 0 Å². The maximum atomic E-state index is 16.3. The van der Waals surface area contributed by atoms with Gasteiger partial charge in [-0.05, 0) is 48.2 Å². The number of halogens is 2. The summed E-state index contributed by atoms with van der Waals surface area (Å²) < 4.78 is 89.2. The number of sulfonamides is 2. The Labute approximate surface area is 262 Å². The summed E-state index contributed by atoms with van der Waals surface area (Å²) in [6.45, 7) is 0. The standard InChI is InChI=1S/C32H34F2N4O5S2/c33-32(34,30(24-26-13-5-2-6-14-26)38-45(42,43)22-18-28-16-8-10-20-36-28)31(39)29(23-25-11-3-1-4-12-25)37-44(40,41)21-17-27-15-7-9-19-35-27/h1-16,19-20,29-30,37-38H,17-18,21-24H2/t29-,30-/m0/s1. The van der Waals surface area contributed by atoms with E-state index in [-0.39, 0.29) is 19.3 Å². The Morgan fingerprint density at radius 1 is 0.644 bits per heavy atom. The third-order valence-electron chi connectivity index (χ3n) is 7.00. The van der Waals surface area contributed by atoms with E-state index in [2.05, 4.69) is 14.7 Å². The average Bonchev–Trinajstić information content (AvgIpc) is 3.04. The van der Waals surface area contributed by atoms with Crippen LogP contribution in [0, 0.1) is 0 Å². The Kier molecular flexibility index (Phi) is 11.6. The lowest BCUT2D eigenvalue weighted by Crippen LogP contribution is -2.59. The summed E-state index contributed by atoms with van der Waals surface area (Å²) in [5.74, 6) is -7.10. The number of hydrogen-bond acceptors (Lipinski definition) is 7. The van der Waals surface area contributed by atoms with Crippen molar-refractivity contribution in [3.05, 3.63) is 132 Å². The highest BCUT2D eigenvalue weighted by molar-refractivity contribution is 7.89. The number of carbonyl (C=O) groups excluding carboxylic acids is 1. The van der Waals surface area contributed by atoms with Crippen LogP contribution in [0.2, 0.25) is 0 Å². The fourth-order valence-corrected chi connectivity index (χ4v) is 7.14. The monoisotopic (exact) mass is 656 g/mol.